The Morgan fingerprint density at radius 3 is 2.42 bits per heavy atom. The highest BCUT2D eigenvalue weighted by Crippen LogP contribution is 2.16. The Bertz CT molecular complexity index is 486. The first kappa shape index (κ1) is 16.3. The van der Waals surface area contributed by atoms with Gasteiger partial charge in [-0.05, 0) is 43.0 Å². The predicted octanol–water partition coefficient (Wildman–Crippen LogP) is 2.17. The number of nitrogens with zero attached hydrogens (tertiary/aromatic N) is 1. The molecule has 2 N–H and O–H groups in total. The molecule has 0 aliphatic carbocycles. The smallest absolute Gasteiger partial charge is 0.218 e. The largest absolute Gasteiger partial charge is 0.399 e. The van der Waals surface area contributed by atoms with Crippen molar-refractivity contribution in [3.8, 4) is 0 Å². The number of nitrogens with two attached hydrogens (primary N) is 1. The Kier molecular flexibility index (Phi) is 6.16. The minimum absolute atomic E-state index is 0.0197. The lowest BCUT2D eigenvalue weighted by atomic mass is 10.2. The van der Waals surface area contributed by atoms with Crippen molar-refractivity contribution in [2.24, 2.45) is 0 Å². The van der Waals surface area contributed by atoms with Crippen LogP contribution in [0.1, 0.15) is 18.9 Å². The number of hydrogen-bond acceptors (Lipinski definition) is 4. The Morgan fingerprint density at radius 2 is 1.89 bits per heavy atom. The second kappa shape index (κ2) is 7.17. The molecule has 0 amide bonds. The van der Waals surface area contributed by atoms with Gasteiger partial charge < -0.3 is 5.73 Å². The van der Waals surface area contributed by atoms with Crippen LogP contribution in [0.2, 0.25) is 0 Å². The summed E-state index contributed by atoms with van der Waals surface area (Å²) in [6.45, 7) is 1.94. The van der Waals surface area contributed by atoms with Crippen molar-refractivity contribution in [1.82, 2.24) is 4.31 Å². The molecule has 0 saturated carbocycles. The van der Waals surface area contributed by atoms with Crippen molar-refractivity contribution in [3.63, 3.8) is 0 Å². The van der Waals surface area contributed by atoms with E-state index in [4.69, 9.17) is 5.73 Å². The van der Waals surface area contributed by atoms with Crippen LogP contribution in [0.3, 0.4) is 0 Å². The molecule has 1 atom stereocenters. The van der Waals surface area contributed by atoms with Crippen LogP contribution in [-0.2, 0) is 15.8 Å². The molecule has 0 aliphatic heterocycles. The van der Waals surface area contributed by atoms with E-state index in [1.54, 1.807) is 43.1 Å². The maximum Gasteiger partial charge on any atom is 0.218 e. The third-order valence-electron chi connectivity index (χ3n) is 3.13. The van der Waals surface area contributed by atoms with E-state index in [0.29, 0.717) is 5.69 Å². The van der Waals surface area contributed by atoms with E-state index in [2.05, 4.69) is 0 Å². The molecule has 0 heterocycles. The fourth-order valence-corrected chi connectivity index (χ4v) is 3.72. The molecule has 19 heavy (non-hydrogen) atoms. The molecule has 0 fully saturated rings. The van der Waals surface area contributed by atoms with Crippen molar-refractivity contribution in [2.45, 2.75) is 25.1 Å². The van der Waals surface area contributed by atoms with Crippen molar-refractivity contribution in [2.75, 3.05) is 24.8 Å². The lowest BCUT2D eigenvalue weighted by molar-refractivity contribution is 0.382. The number of sulfonamides is 1. The normalized spacial score (nSPS) is 13.7. The van der Waals surface area contributed by atoms with Crippen molar-refractivity contribution in [1.29, 1.82) is 0 Å². The van der Waals surface area contributed by atoms with Gasteiger partial charge in [0.25, 0.3) is 0 Å². The maximum atomic E-state index is 12.3. The number of thioether (sulfide) groups is 1. The van der Waals surface area contributed by atoms with Crippen LogP contribution in [0.5, 0.6) is 0 Å². The second-order valence-corrected chi connectivity index (χ2v) is 7.66. The zero-order chi connectivity index (χ0) is 14.5. The first-order chi connectivity index (χ1) is 8.86. The van der Waals surface area contributed by atoms with Crippen LogP contribution in [0.4, 0.5) is 5.69 Å². The van der Waals surface area contributed by atoms with E-state index in [-0.39, 0.29) is 11.8 Å². The van der Waals surface area contributed by atoms with Crippen molar-refractivity contribution < 1.29 is 8.42 Å². The average Bonchev–Trinajstić information content (AvgIpc) is 2.37. The standard InChI is InChI=1S/C13H22N2O2S2/c1-11(8-9-18-3)15(2)19(16,17)10-12-4-6-13(14)7-5-12/h4-7,11H,8-10,14H2,1-3H3. The highest BCUT2D eigenvalue weighted by Gasteiger charge is 2.23. The van der Waals surface area contributed by atoms with Gasteiger partial charge in [-0.2, -0.15) is 11.8 Å². The summed E-state index contributed by atoms with van der Waals surface area (Å²) in [6, 6.07) is 6.98. The molecular formula is C13H22N2O2S2. The molecule has 1 rings (SSSR count). The first-order valence-corrected chi connectivity index (χ1v) is 9.16. The monoisotopic (exact) mass is 302 g/mol. The quantitative estimate of drug-likeness (QED) is 0.784. The Morgan fingerprint density at radius 1 is 1.32 bits per heavy atom. The first-order valence-electron chi connectivity index (χ1n) is 6.16. The van der Waals surface area contributed by atoms with Gasteiger partial charge in [0.15, 0.2) is 0 Å². The summed E-state index contributed by atoms with van der Waals surface area (Å²) < 4.78 is 26.0. The fourth-order valence-electron chi connectivity index (χ4n) is 1.67. The molecule has 1 aromatic carbocycles. The van der Waals surface area contributed by atoms with Gasteiger partial charge in [0.2, 0.25) is 10.0 Å². The minimum atomic E-state index is -3.27. The lowest BCUT2D eigenvalue weighted by Crippen LogP contribution is -2.36. The van der Waals surface area contributed by atoms with Gasteiger partial charge in [-0.25, -0.2) is 12.7 Å². The molecule has 0 spiro atoms. The summed E-state index contributed by atoms with van der Waals surface area (Å²) in [4.78, 5) is 0. The van der Waals surface area contributed by atoms with Crippen LogP contribution < -0.4 is 5.73 Å². The summed E-state index contributed by atoms with van der Waals surface area (Å²) in [5, 5.41) is 0. The summed E-state index contributed by atoms with van der Waals surface area (Å²) in [5.41, 5.74) is 6.99. The van der Waals surface area contributed by atoms with Gasteiger partial charge >= 0.3 is 0 Å². The van der Waals surface area contributed by atoms with Gasteiger partial charge in [-0.1, -0.05) is 12.1 Å². The molecule has 0 aromatic heterocycles. The van der Waals surface area contributed by atoms with Crippen LogP contribution in [0, 0.1) is 0 Å². The summed E-state index contributed by atoms with van der Waals surface area (Å²) in [6.07, 6.45) is 2.88. The van der Waals surface area contributed by atoms with Crippen LogP contribution in [-0.4, -0.2) is 37.8 Å². The van der Waals surface area contributed by atoms with E-state index in [1.165, 1.54) is 4.31 Å². The average molecular weight is 302 g/mol. The molecule has 6 heteroatoms. The van der Waals surface area contributed by atoms with E-state index in [0.717, 1.165) is 17.7 Å². The number of rotatable bonds is 7. The fraction of sp³-hybridized carbons (Fsp3) is 0.538. The summed E-state index contributed by atoms with van der Waals surface area (Å²) >= 11 is 1.73. The highest BCUT2D eigenvalue weighted by atomic mass is 32.2. The maximum absolute atomic E-state index is 12.3. The van der Waals surface area contributed by atoms with E-state index < -0.39 is 10.0 Å². The molecule has 0 aliphatic rings. The minimum Gasteiger partial charge on any atom is -0.399 e. The van der Waals surface area contributed by atoms with E-state index in [1.807, 2.05) is 13.2 Å². The zero-order valence-corrected chi connectivity index (χ0v) is 13.3. The zero-order valence-electron chi connectivity index (χ0n) is 11.7. The Labute approximate surface area is 120 Å². The van der Waals surface area contributed by atoms with Crippen LogP contribution >= 0.6 is 11.8 Å². The molecule has 1 aromatic rings. The van der Waals surface area contributed by atoms with Gasteiger partial charge in [-0.15, -0.1) is 0 Å². The molecule has 0 bridgehead atoms. The molecule has 0 saturated heterocycles. The summed E-state index contributed by atoms with van der Waals surface area (Å²) in [7, 11) is -1.62. The predicted molar refractivity (Wildman–Crippen MR) is 83.7 cm³/mol. The van der Waals surface area contributed by atoms with Gasteiger partial charge in [0.1, 0.15) is 0 Å². The SMILES string of the molecule is CSCCC(C)N(C)S(=O)(=O)Cc1ccc(N)cc1. The van der Waals surface area contributed by atoms with Crippen LogP contribution in [0.25, 0.3) is 0 Å². The third kappa shape index (κ3) is 5.04. The topological polar surface area (TPSA) is 63.4 Å². The lowest BCUT2D eigenvalue weighted by Gasteiger charge is -2.24. The van der Waals surface area contributed by atoms with E-state index >= 15 is 0 Å². The summed E-state index contributed by atoms with van der Waals surface area (Å²) in [5.74, 6) is 0.982. The van der Waals surface area contributed by atoms with Crippen molar-refractivity contribution >= 4 is 27.5 Å². The molecule has 0 radical (unpaired) electrons. The second-order valence-electron chi connectivity index (χ2n) is 4.64. The van der Waals surface area contributed by atoms with Gasteiger partial charge in [0, 0.05) is 18.8 Å². The molecule has 4 nitrogen and oxygen atoms in total. The molecular weight excluding hydrogens is 280 g/mol. The van der Waals surface area contributed by atoms with Crippen LogP contribution in [0.15, 0.2) is 24.3 Å². The van der Waals surface area contributed by atoms with Gasteiger partial charge in [-0.3, -0.25) is 0 Å². The number of nitrogen functional groups attached to an aromatic ring is 1. The highest BCUT2D eigenvalue weighted by molar-refractivity contribution is 7.98. The molecule has 1 unspecified atom stereocenters. The van der Waals surface area contributed by atoms with E-state index in [9.17, 15) is 8.42 Å². The Hall–Kier alpha value is -0.720. The van der Waals surface area contributed by atoms with Crippen molar-refractivity contribution in [3.05, 3.63) is 29.8 Å². The number of benzene rings is 1. The third-order valence-corrected chi connectivity index (χ3v) is 5.71. The Balaban J connectivity index is 2.72. The number of hydrogen-bond donors (Lipinski definition) is 1. The molecule has 108 valence electrons. The van der Waals surface area contributed by atoms with Gasteiger partial charge in [0.05, 0.1) is 5.75 Å². The number of anilines is 1.